The summed E-state index contributed by atoms with van der Waals surface area (Å²) >= 11 is 1.23. The molecule has 0 aliphatic carbocycles. The van der Waals surface area contributed by atoms with Gasteiger partial charge in [0.2, 0.25) is 0 Å². The predicted octanol–water partition coefficient (Wildman–Crippen LogP) is 2.57. The summed E-state index contributed by atoms with van der Waals surface area (Å²) in [6.45, 7) is 1.91. The Balaban J connectivity index is 2.11. The van der Waals surface area contributed by atoms with E-state index in [4.69, 9.17) is 0 Å². The highest BCUT2D eigenvalue weighted by Gasteiger charge is 2.20. The second-order valence-corrected chi connectivity index (χ2v) is 5.43. The van der Waals surface area contributed by atoms with Gasteiger partial charge in [-0.05, 0) is 30.5 Å². The van der Waals surface area contributed by atoms with Crippen molar-refractivity contribution >= 4 is 17.7 Å². The Labute approximate surface area is 115 Å². The van der Waals surface area contributed by atoms with Crippen LogP contribution in [0.4, 0.5) is 0 Å². The zero-order valence-electron chi connectivity index (χ0n) is 10.5. The van der Waals surface area contributed by atoms with Crippen LogP contribution in [-0.2, 0) is 11.2 Å². The molecule has 0 aliphatic rings. The Morgan fingerprint density at radius 3 is 2.74 bits per heavy atom. The highest BCUT2D eigenvalue weighted by Crippen LogP contribution is 2.24. The van der Waals surface area contributed by atoms with Gasteiger partial charge in [-0.25, -0.2) is 0 Å². The van der Waals surface area contributed by atoms with E-state index in [2.05, 4.69) is 10.2 Å². The Morgan fingerprint density at radius 2 is 2.11 bits per heavy atom. The molecule has 1 N–H and O–H groups in total. The van der Waals surface area contributed by atoms with Crippen LogP contribution in [0.3, 0.4) is 0 Å². The van der Waals surface area contributed by atoms with Crippen molar-refractivity contribution in [1.29, 1.82) is 0 Å². The van der Waals surface area contributed by atoms with Crippen LogP contribution in [0.2, 0.25) is 0 Å². The first kappa shape index (κ1) is 13.5. The number of aromatic nitrogens is 2. The summed E-state index contributed by atoms with van der Waals surface area (Å²) in [5.74, 6) is -0.836. The lowest BCUT2D eigenvalue weighted by molar-refractivity contribution is -0.136. The van der Waals surface area contributed by atoms with Crippen LogP contribution >= 0.6 is 11.8 Å². The number of rotatable bonds is 5. The summed E-state index contributed by atoms with van der Waals surface area (Å²) < 4.78 is 0. The van der Waals surface area contributed by atoms with Crippen LogP contribution in [0.15, 0.2) is 47.6 Å². The Hall–Kier alpha value is -1.88. The molecule has 1 heterocycles. The van der Waals surface area contributed by atoms with Gasteiger partial charge in [0, 0.05) is 0 Å². The van der Waals surface area contributed by atoms with E-state index in [1.807, 2.05) is 43.3 Å². The van der Waals surface area contributed by atoms with Crippen molar-refractivity contribution in [2.75, 3.05) is 0 Å². The minimum absolute atomic E-state index is 0.469. The second kappa shape index (κ2) is 6.33. The first-order chi connectivity index (χ1) is 9.15. The molecular weight excluding hydrogens is 260 g/mol. The van der Waals surface area contributed by atoms with Crippen LogP contribution in [0.1, 0.15) is 11.1 Å². The van der Waals surface area contributed by atoms with Gasteiger partial charge in [-0.3, -0.25) is 4.79 Å². The molecule has 4 nitrogen and oxygen atoms in total. The summed E-state index contributed by atoms with van der Waals surface area (Å²) in [6.07, 6.45) is 2.12. The Morgan fingerprint density at radius 1 is 1.37 bits per heavy atom. The van der Waals surface area contributed by atoms with Gasteiger partial charge in [-0.2, -0.15) is 5.10 Å². The predicted molar refractivity (Wildman–Crippen MR) is 74.2 cm³/mol. The number of aliphatic carboxylic acids is 1. The molecule has 0 fully saturated rings. The van der Waals surface area contributed by atoms with Gasteiger partial charge in [0.1, 0.15) is 10.3 Å². The van der Waals surface area contributed by atoms with Crippen LogP contribution in [0.5, 0.6) is 0 Å². The van der Waals surface area contributed by atoms with E-state index in [1.165, 1.54) is 11.8 Å². The normalized spacial score (nSPS) is 12.1. The summed E-state index contributed by atoms with van der Waals surface area (Å²) in [6, 6.07) is 11.4. The van der Waals surface area contributed by atoms with Gasteiger partial charge >= 0.3 is 5.97 Å². The highest BCUT2D eigenvalue weighted by molar-refractivity contribution is 8.00. The number of carboxylic acids is 1. The topological polar surface area (TPSA) is 63.1 Å². The number of benzene rings is 1. The second-order valence-electron chi connectivity index (χ2n) is 4.21. The number of hydrogen-bond donors (Lipinski definition) is 1. The van der Waals surface area contributed by atoms with E-state index in [1.54, 1.807) is 6.20 Å². The summed E-state index contributed by atoms with van der Waals surface area (Å²) in [5, 5.41) is 17.2. The van der Waals surface area contributed by atoms with Gasteiger partial charge in [0.15, 0.2) is 0 Å². The van der Waals surface area contributed by atoms with Gasteiger partial charge in [-0.15, -0.1) is 5.10 Å². The molecule has 1 atom stereocenters. The average Bonchev–Trinajstić information content (AvgIpc) is 2.39. The largest absolute Gasteiger partial charge is 0.480 e. The van der Waals surface area contributed by atoms with Crippen molar-refractivity contribution in [3.63, 3.8) is 0 Å². The van der Waals surface area contributed by atoms with Crippen LogP contribution in [0.25, 0.3) is 0 Å². The lowest BCUT2D eigenvalue weighted by atomic mass is 10.1. The maximum absolute atomic E-state index is 11.3. The first-order valence-electron chi connectivity index (χ1n) is 5.88. The molecular formula is C14H14N2O2S. The van der Waals surface area contributed by atoms with Crippen LogP contribution < -0.4 is 0 Å². The SMILES string of the molecule is Cc1cnnc(SC(Cc2ccccc2)C(=O)O)c1. The number of aryl methyl sites for hydroxylation is 1. The molecule has 1 unspecified atom stereocenters. The molecule has 0 saturated heterocycles. The van der Waals surface area contributed by atoms with Crippen molar-refractivity contribution in [2.45, 2.75) is 23.6 Å². The molecule has 0 spiro atoms. The zero-order chi connectivity index (χ0) is 13.7. The van der Waals surface area contributed by atoms with Crippen LogP contribution in [-0.4, -0.2) is 26.5 Å². The van der Waals surface area contributed by atoms with Crippen LogP contribution in [0, 0.1) is 6.92 Å². The molecule has 5 heteroatoms. The maximum Gasteiger partial charge on any atom is 0.317 e. The lowest BCUT2D eigenvalue weighted by Gasteiger charge is -2.11. The molecule has 1 aromatic heterocycles. The highest BCUT2D eigenvalue weighted by atomic mass is 32.2. The molecule has 0 amide bonds. The number of carboxylic acid groups (broad SMARTS) is 1. The molecule has 0 radical (unpaired) electrons. The number of hydrogen-bond acceptors (Lipinski definition) is 4. The van der Waals surface area contributed by atoms with Crippen molar-refractivity contribution in [1.82, 2.24) is 10.2 Å². The molecule has 98 valence electrons. The number of carbonyl (C=O) groups is 1. The number of thioether (sulfide) groups is 1. The van der Waals surface area contributed by atoms with Gasteiger partial charge in [0.25, 0.3) is 0 Å². The monoisotopic (exact) mass is 274 g/mol. The number of nitrogens with zero attached hydrogens (tertiary/aromatic N) is 2. The summed E-state index contributed by atoms with van der Waals surface area (Å²) in [7, 11) is 0. The van der Waals surface area contributed by atoms with E-state index in [0.717, 1.165) is 11.1 Å². The summed E-state index contributed by atoms with van der Waals surface area (Å²) in [5.41, 5.74) is 1.98. The van der Waals surface area contributed by atoms with Crippen molar-refractivity contribution in [2.24, 2.45) is 0 Å². The van der Waals surface area contributed by atoms with E-state index < -0.39 is 11.2 Å². The molecule has 0 saturated carbocycles. The summed E-state index contributed by atoms with van der Waals surface area (Å²) in [4.78, 5) is 11.3. The van der Waals surface area contributed by atoms with Crippen molar-refractivity contribution in [3.8, 4) is 0 Å². The molecule has 19 heavy (non-hydrogen) atoms. The van der Waals surface area contributed by atoms with Crippen molar-refractivity contribution in [3.05, 3.63) is 53.7 Å². The molecule has 0 aliphatic heterocycles. The van der Waals surface area contributed by atoms with E-state index >= 15 is 0 Å². The molecule has 2 rings (SSSR count). The van der Waals surface area contributed by atoms with E-state index in [9.17, 15) is 9.90 Å². The fourth-order valence-electron chi connectivity index (χ4n) is 1.65. The molecule has 2 aromatic rings. The quantitative estimate of drug-likeness (QED) is 0.849. The minimum atomic E-state index is -0.836. The van der Waals surface area contributed by atoms with Crippen molar-refractivity contribution < 1.29 is 9.90 Å². The van der Waals surface area contributed by atoms with E-state index in [-0.39, 0.29) is 0 Å². The van der Waals surface area contributed by atoms with E-state index in [0.29, 0.717) is 11.4 Å². The lowest BCUT2D eigenvalue weighted by Crippen LogP contribution is -2.19. The molecule has 1 aromatic carbocycles. The smallest absolute Gasteiger partial charge is 0.317 e. The Kier molecular flexibility index (Phi) is 4.52. The van der Waals surface area contributed by atoms with Gasteiger partial charge < -0.3 is 5.11 Å². The fraction of sp³-hybridized carbons (Fsp3) is 0.214. The third-order valence-corrected chi connectivity index (χ3v) is 3.66. The molecule has 0 bridgehead atoms. The zero-order valence-corrected chi connectivity index (χ0v) is 11.3. The maximum atomic E-state index is 11.3. The standard InChI is InChI=1S/C14H14N2O2S/c1-10-7-13(16-15-9-10)19-12(14(17)18)8-11-5-3-2-4-6-11/h2-7,9,12H,8H2,1H3,(H,17,18). The Bertz CT molecular complexity index is 560. The third-order valence-electron chi connectivity index (χ3n) is 2.57. The average molecular weight is 274 g/mol. The van der Waals surface area contributed by atoms with Gasteiger partial charge in [0.05, 0.1) is 6.20 Å². The van der Waals surface area contributed by atoms with Gasteiger partial charge in [-0.1, -0.05) is 42.1 Å². The fourth-order valence-corrected chi connectivity index (χ4v) is 2.66. The first-order valence-corrected chi connectivity index (χ1v) is 6.76. The third kappa shape index (κ3) is 4.06. The minimum Gasteiger partial charge on any atom is -0.480 e.